The molecule has 1 saturated heterocycles. The number of thioether (sulfide) groups is 1. The van der Waals surface area contributed by atoms with Gasteiger partial charge in [0.15, 0.2) is 0 Å². The van der Waals surface area contributed by atoms with E-state index in [-0.39, 0.29) is 23.6 Å². The summed E-state index contributed by atoms with van der Waals surface area (Å²) in [5, 5.41) is 12.4. The Bertz CT molecular complexity index is 1250. The van der Waals surface area contributed by atoms with Crippen LogP contribution in [0.5, 0.6) is 5.75 Å². The lowest BCUT2D eigenvalue weighted by molar-refractivity contribution is -0.384. The number of benzene rings is 3. The Morgan fingerprint density at radius 1 is 1.06 bits per heavy atom. The molecule has 4 rings (SSSR count). The largest absolute Gasteiger partial charge is 0.490 e. The molecule has 0 bridgehead atoms. The molecule has 1 aliphatic rings. The van der Waals surface area contributed by atoms with Gasteiger partial charge in [-0.05, 0) is 54.1 Å². The second-order valence-electron chi connectivity index (χ2n) is 7.56. The standard InChI is InChI=1S/C24H20N2O5S/c1-15(2)31-21-12-9-17-5-3-4-6-19(17)20(21)13-22-23(27)25(24(28)32-22)14-16-7-10-18(11-8-16)26(29)30/h3-13,15H,14H2,1-2H3/b22-13-. The topological polar surface area (TPSA) is 89.8 Å². The van der Waals surface area contributed by atoms with E-state index in [2.05, 4.69) is 0 Å². The highest BCUT2D eigenvalue weighted by molar-refractivity contribution is 8.18. The lowest BCUT2D eigenvalue weighted by Crippen LogP contribution is -2.27. The van der Waals surface area contributed by atoms with Crippen molar-refractivity contribution in [3.8, 4) is 5.75 Å². The molecule has 0 N–H and O–H groups in total. The van der Waals surface area contributed by atoms with Crippen LogP contribution >= 0.6 is 11.8 Å². The van der Waals surface area contributed by atoms with Crippen molar-refractivity contribution in [2.24, 2.45) is 0 Å². The minimum absolute atomic E-state index is 0.0450. The summed E-state index contributed by atoms with van der Waals surface area (Å²) in [7, 11) is 0. The van der Waals surface area contributed by atoms with Crippen LogP contribution in [-0.4, -0.2) is 27.1 Å². The van der Waals surface area contributed by atoms with Crippen LogP contribution < -0.4 is 4.74 Å². The SMILES string of the molecule is CC(C)Oc1ccc2ccccc2c1/C=C1\SC(=O)N(Cc2ccc([N+](=O)[O-])cc2)C1=O. The van der Waals surface area contributed by atoms with Crippen molar-refractivity contribution >= 4 is 45.4 Å². The number of nitro groups is 1. The molecule has 3 aromatic carbocycles. The highest BCUT2D eigenvalue weighted by atomic mass is 32.2. The quantitative estimate of drug-likeness (QED) is 0.270. The normalized spacial score (nSPS) is 15.2. The van der Waals surface area contributed by atoms with E-state index in [1.165, 1.54) is 12.1 Å². The first-order valence-electron chi connectivity index (χ1n) is 10.0. The van der Waals surface area contributed by atoms with Gasteiger partial charge in [0.05, 0.1) is 22.5 Å². The maximum Gasteiger partial charge on any atom is 0.293 e. The summed E-state index contributed by atoms with van der Waals surface area (Å²) in [5.74, 6) is 0.239. The number of nitro benzene ring substituents is 1. The average molecular weight is 449 g/mol. The molecule has 3 aromatic rings. The summed E-state index contributed by atoms with van der Waals surface area (Å²) >= 11 is 0.875. The van der Waals surface area contributed by atoms with Gasteiger partial charge in [-0.1, -0.05) is 42.5 Å². The van der Waals surface area contributed by atoms with E-state index in [4.69, 9.17) is 4.74 Å². The number of hydrogen-bond acceptors (Lipinski definition) is 6. The number of nitrogens with zero attached hydrogens (tertiary/aromatic N) is 2. The second-order valence-corrected chi connectivity index (χ2v) is 8.55. The van der Waals surface area contributed by atoms with Crippen LogP contribution in [0.15, 0.2) is 65.6 Å². The number of non-ortho nitro benzene ring substituents is 1. The van der Waals surface area contributed by atoms with Gasteiger partial charge in [0.1, 0.15) is 5.75 Å². The van der Waals surface area contributed by atoms with E-state index in [0.29, 0.717) is 16.2 Å². The molecule has 0 radical (unpaired) electrons. The first-order chi connectivity index (χ1) is 15.3. The zero-order valence-corrected chi connectivity index (χ0v) is 18.3. The van der Waals surface area contributed by atoms with Crippen molar-refractivity contribution in [1.29, 1.82) is 0 Å². The van der Waals surface area contributed by atoms with E-state index in [0.717, 1.165) is 33.0 Å². The Morgan fingerprint density at radius 3 is 2.47 bits per heavy atom. The van der Waals surface area contributed by atoms with Gasteiger partial charge in [0.25, 0.3) is 16.8 Å². The van der Waals surface area contributed by atoms with Crippen LogP contribution in [0, 0.1) is 10.1 Å². The van der Waals surface area contributed by atoms with Gasteiger partial charge in [-0.25, -0.2) is 0 Å². The minimum Gasteiger partial charge on any atom is -0.490 e. The molecule has 1 aliphatic heterocycles. The fourth-order valence-electron chi connectivity index (χ4n) is 3.45. The van der Waals surface area contributed by atoms with E-state index in [9.17, 15) is 19.7 Å². The number of fused-ring (bicyclic) bond motifs is 1. The molecule has 162 valence electrons. The van der Waals surface area contributed by atoms with E-state index in [1.807, 2.05) is 50.2 Å². The summed E-state index contributed by atoms with van der Waals surface area (Å²) < 4.78 is 5.96. The van der Waals surface area contributed by atoms with Gasteiger partial charge in [0, 0.05) is 17.7 Å². The first-order valence-corrected chi connectivity index (χ1v) is 10.8. The van der Waals surface area contributed by atoms with Gasteiger partial charge in [0.2, 0.25) is 0 Å². The Kier molecular flexibility index (Phi) is 5.96. The van der Waals surface area contributed by atoms with Crippen molar-refractivity contribution in [3.63, 3.8) is 0 Å². The number of carbonyl (C=O) groups excluding carboxylic acids is 2. The molecular weight excluding hydrogens is 428 g/mol. The number of hydrogen-bond donors (Lipinski definition) is 0. The molecule has 0 aromatic heterocycles. The third kappa shape index (κ3) is 4.36. The van der Waals surface area contributed by atoms with Crippen molar-refractivity contribution < 1.29 is 19.2 Å². The van der Waals surface area contributed by atoms with Crippen molar-refractivity contribution in [2.75, 3.05) is 0 Å². The number of imide groups is 1. The van der Waals surface area contributed by atoms with E-state index >= 15 is 0 Å². The van der Waals surface area contributed by atoms with E-state index < -0.39 is 10.8 Å². The van der Waals surface area contributed by atoms with Gasteiger partial charge >= 0.3 is 0 Å². The van der Waals surface area contributed by atoms with Crippen LogP contribution in [0.1, 0.15) is 25.0 Å². The molecule has 0 atom stereocenters. The van der Waals surface area contributed by atoms with Gasteiger partial charge in [-0.15, -0.1) is 0 Å². The Hall–Kier alpha value is -3.65. The minimum atomic E-state index is -0.492. The predicted molar refractivity (Wildman–Crippen MR) is 124 cm³/mol. The number of amides is 2. The molecular formula is C24H20N2O5S. The number of rotatable bonds is 6. The number of carbonyl (C=O) groups is 2. The first kappa shape index (κ1) is 21.6. The van der Waals surface area contributed by atoms with Crippen LogP contribution in [0.3, 0.4) is 0 Å². The third-order valence-electron chi connectivity index (χ3n) is 4.93. The summed E-state index contributed by atoms with van der Waals surface area (Å²) in [6.45, 7) is 3.90. The molecule has 1 heterocycles. The Morgan fingerprint density at radius 2 is 1.78 bits per heavy atom. The van der Waals surface area contributed by atoms with Crippen LogP contribution in [0.25, 0.3) is 16.8 Å². The summed E-state index contributed by atoms with van der Waals surface area (Å²) in [6.07, 6.45) is 1.65. The highest BCUT2D eigenvalue weighted by Crippen LogP contribution is 2.37. The zero-order valence-electron chi connectivity index (χ0n) is 17.5. The molecule has 0 unspecified atom stereocenters. The predicted octanol–water partition coefficient (Wildman–Crippen LogP) is 5.77. The van der Waals surface area contributed by atoms with Gasteiger partial charge < -0.3 is 4.74 Å². The molecule has 0 saturated carbocycles. The smallest absolute Gasteiger partial charge is 0.293 e. The summed E-state index contributed by atoms with van der Waals surface area (Å²) in [4.78, 5) is 37.4. The van der Waals surface area contributed by atoms with Crippen molar-refractivity contribution in [2.45, 2.75) is 26.5 Å². The maximum absolute atomic E-state index is 13.0. The molecule has 0 aliphatic carbocycles. The molecule has 2 amide bonds. The monoisotopic (exact) mass is 448 g/mol. The van der Waals surface area contributed by atoms with Crippen LogP contribution in [0.4, 0.5) is 10.5 Å². The Balaban J connectivity index is 1.67. The van der Waals surface area contributed by atoms with Crippen LogP contribution in [-0.2, 0) is 11.3 Å². The van der Waals surface area contributed by atoms with Crippen molar-refractivity contribution in [3.05, 3.63) is 86.8 Å². The molecule has 8 heteroatoms. The van der Waals surface area contributed by atoms with Gasteiger partial charge in [-0.3, -0.25) is 24.6 Å². The van der Waals surface area contributed by atoms with Crippen LogP contribution in [0.2, 0.25) is 0 Å². The van der Waals surface area contributed by atoms with E-state index in [1.54, 1.807) is 18.2 Å². The molecule has 7 nitrogen and oxygen atoms in total. The molecule has 1 fully saturated rings. The molecule has 32 heavy (non-hydrogen) atoms. The Labute approximate surface area is 188 Å². The summed E-state index contributed by atoms with van der Waals surface area (Å²) in [6, 6.07) is 17.4. The third-order valence-corrected chi connectivity index (χ3v) is 5.84. The highest BCUT2D eigenvalue weighted by Gasteiger charge is 2.35. The summed E-state index contributed by atoms with van der Waals surface area (Å²) in [5.41, 5.74) is 1.34. The average Bonchev–Trinajstić information content (AvgIpc) is 3.03. The number of ether oxygens (including phenoxy) is 1. The molecule has 0 spiro atoms. The second kappa shape index (κ2) is 8.84. The lowest BCUT2D eigenvalue weighted by atomic mass is 10.0. The fraction of sp³-hybridized carbons (Fsp3) is 0.167. The fourth-order valence-corrected chi connectivity index (χ4v) is 4.27. The maximum atomic E-state index is 13.0. The zero-order chi connectivity index (χ0) is 22.8. The van der Waals surface area contributed by atoms with Gasteiger partial charge in [-0.2, -0.15) is 0 Å². The lowest BCUT2D eigenvalue weighted by Gasteiger charge is -2.15. The van der Waals surface area contributed by atoms with Crippen molar-refractivity contribution in [1.82, 2.24) is 4.90 Å².